The molecule has 3 saturated heterocycles. The van der Waals surface area contributed by atoms with Gasteiger partial charge in [0, 0.05) is 29.9 Å². The number of para-hydroxylation sites is 1. The van der Waals surface area contributed by atoms with Gasteiger partial charge in [0.2, 0.25) is 0 Å². The van der Waals surface area contributed by atoms with Crippen LogP contribution in [-0.2, 0) is 6.54 Å². The molecule has 0 radical (unpaired) electrons. The molecule has 6 rings (SSSR count). The second-order valence-corrected chi connectivity index (χ2v) is 7.05. The lowest BCUT2D eigenvalue weighted by Crippen LogP contribution is -2.55. The Morgan fingerprint density at radius 1 is 1.00 bits per heavy atom. The molecule has 23 heavy (non-hydrogen) atoms. The Labute approximate surface area is 136 Å². The van der Waals surface area contributed by atoms with Gasteiger partial charge in [-0.3, -0.25) is 0 Å². The van der Waals surface area contributed by atoms with Crippen LogP contribution < -0.4 is 5.32 Å². The van der Waals surface area contributed by atoms with E-state index in [4.69, 9.17) is 4.42 Å². The molecule has 2 bridgehead atoms. The SMILES string of the molecule is c1ccc2c(c1)oc1cc(CNC3CN4CCC3CC4)ccc12. The fourth-order valence-electron chi connectivity index (χ4n) is 4.33. The highest BCUT2D eigenvalue weighted by Gasteiger charge is 2.33. The van der Waals surface area contributed by atoms with Crippen LogP contribution in [0.2, 0.25) is 0 Å². The van der Waals surface area contributed by atoms with Crippen molar-refractivity contribution in [3.63, 3.8) is 0 Å². The average molecular weight is 306 g/mol. The maximum absolute atomic E-state index is 6.00. The average Bonchev–Trinajstić information content (AvgIpc) is 2.99. The number of nitrogens with one attached hydrogen (secondary N) is 1. The van der Waals surface area contributed by atoms with Crippen molar-refractivity contribution < 1.29 is 4.42 Å². The van der Waals surface area contributed by atoms with Gasteiger partial charge in [0.15, 0.2) is 0 Å². The summed E-state index contributed by atoms with van der Waals surface area (Å²) in [5, 5.41) is 6.21. The minimum absolute atomic E-state index is 0.656. The quantitative estimate of drug-likeness (QED) is 0.798. The summed E-state index contributed by atoms with van der Waals surface area (Å²) in [4.78, 5) is 2.60. The molecule has 3 nitrogen and oxygen atoms in total. The molecule has 0 amide bonds. The lowest BCUT2D eigenvalue weighted by atomic mass is 9.84. The van der Waals surface area contributed by atoms with Crippen LogP contribution in [0.3, 0.4) is 0 Å². The summed E-state index contributed by atoms with van der Waals surface area (Å²) in [6.45, 7) is 4.75. The van der Waals surface area contributed by atoms with E-state index in [2.05, 4.69) is 40.5 Å². The molecule has 0 spiro atoms. The first-order chi connectivity index (χ1) is 11.4. The van der Waals surface area contributed by atoms with Crippen LogP contribution in [-0.4, -0.2) is 30.6 Å². The van der Waals surface area contributed by atoms with E-state index in [1.54, 1.807) is 0 Å². The smallest absolute Gasteiger partial charge is 0.135 e. The number of hydrogen-bond acceptors (Lipinski definition) is 3. The predicted octanol–water partition coefficient (Wildman–Crippen LogP) is 3.77. The fraction of sp³-hybridized carbons (Fsp3) is 0.400. The zero-order valence-electron chi connectivity index (χ0n) is 13.3. The second-order valence-electron chi connectivity index (χ2n) is 7.05. The minimum Gasteiger partial charge on any atom is -0.456 e. The lowest BCUT2D eigenvalue weighted by molar-refractivity contribution is 0.0720. The number of piperidine rings is 3. The molecule has 1 atom stereocenters. The first-order valence-corrected chi connectivity index (χ1v) is 8.73. The van der Waals surface area contributed by atoms with E-state index in [1.165, 1.54) is 48.8 Å². The van der Waals surface area contributed by atoms with Crippen LogP contribution in [0.1, 0.15) is 18.4 Å². The van der Waals surface area contributed by atoms with Crippen LogP contribution >= 0.6 is 0 Å². The first kappa shape index (κ1) is 13.6. The van der Waals surface area contributed by atoms with E-state index in [0.29, 0.717) is 6.04 Å². The van der Waals surface area contributed by atoms with Crippen LogP contribution in [0, 0.1) is 5.92 Å². The Morgan fingerprint density at radius 2 is 1.83 bits per heavy atom. The number of benzene rings is 2. The zero-order valence-corrected chi connectivity index (χ0v) is 13.3. The zero-order chi connectivity index (χ0) is 15.2. The highest BCUT2D eigenvalue weighted by molar-refractivity contribution is 6.04. The van der Waals surface area contributed by atoms with Crippen molar-refractivity contribution in [2.75, 3.05) is 19.6 Å². The number of furan rings is 1. The van der Waals surface area contributed by atoms with Crippen molar-refractivity contribution in [1.29, 1.82) is 0 Å². The molecule has 1 aromatic heterocycles. The number of hydrogen-bond donors (Lipinski definition) is 1. The van der Waals surface area contributed by atoms with Crippen molar-refractivity contribution in [2.24, 2.45) is 5.92 Å². The highest BCUT2D eigenvalue weighted by Crippen LogP contribution is 2.30. The third-order valence-electron chi connectivity index (χ3n) is 5.67. The monoisotopic (exact) mass is 306 g/mol. The molecule has 4 heterocycles. The van der Waals surface area contributed by atoms with E-state index >= 15 is 0 Å². The van der Waals surface area contributed by atoms with Gasteiger partial charge in [-0.25, -0.2) is 0 Å². The van der Waals surface area contributed by atoms with Gasteiger partial charge in [0.05, 0.1) is 0 Å². The Hall–Kier alpha value is -1.84. The lowest BCUT2D eigenvalue weighted by Gasteiger charge is -2.45. The molecule has 2 aromatic carbocycles. The molecular weight excluding hydrogens is 284 g/mol. The molecule has 0 aliphatic carbocycles. The molecule has 3 aromatic rings. The van der Waals surface area contributed by atoms with E-state index in [0.717, 1.165) is 23.6 Å². The van der Waals surface area contributed by atoms with E-state index in [1.807, 2.05) is 12.1 Å². The van der Waals surface area contributed by atoms with Crippen LogP contribution in [0.4, 0.5) is 0 Å². The second kappa shape index (κ2) is 5.36. The van der Waals surface area contributed by atoms with Crippen LogP contribution in [0.5, 0.6) is 0 Å². The van der Waals surface area contributed by atoms with Gasteiger partial charge in [-0.1, -0.05) is 30.3 Å². The molecule has 118 valence electrons. The normalized spacial score (nSPS) is 27.0. The van der Waals surface area contributed by atoms with Gasteiger partial charge >= 0.3 is 0 Å². The highest BCUT2D eigenvalue weighted by atomic mass is 16.3. The standard InChI is InChI=1S/C20H22N2O/c1-2-4-19-16(3-1)17-6-5-14(11-20(17)23-19)12-21-18-13-22-9-7-15(18)8-10-22/h1-6,11,15,18,21H,7-10,12-13H2. The van der Waals surface area contributed by atoms with Crippen molar-refractivity contribution in [1.82, 2.24) is 10.2 Å². The van der Waals surface area contributed by atoms with Gasteiger partial charge in [-0.05, 0) is 49.5 Å². The summed E-state index contributed by atoms with van der Waals surface area (Å²) in [6.07, 6.45) is 2.72. The molecule has 3 heteroatoms. The summed E-state index contributed by atoms with van der Waals surface area (Å²) in [5.74, 6) is 0.870. The van der Waals surface area contributed by atoms with Crippen molar-refractivity contribution in [2.45, 2.75) is 25.4 Å². The van der Waals surface area contributed by atoms with Gasteiger partial charge in [-0.15, -0.1) is 0 Å². The van der Waals surface area contributed by atoms with Gasteiger partial charge in [0.25, 0.3) is 0 Å². The molecule has 1 unspecified atom stereocenters. The summed E-state index contributed by atoms with van der Waals surface area (Å²) < 4.78 is 6.00. The van der Waals surface area contributed by atoms with Gasteiger partial charge in [0.1, 0.15) is 11.2 Å². The Kier molecular flexibility index (Phi) is 3.17. The minimum atomic E-state index is 0.656. The Balaban J connectivity index is 1.37. The van der Waals surface area contributed by atoms with Crippen LogP contribution in [0.15, 0.2) is 46.9 Å². The van der Waals surface area contributed by atoms with Gasteiger partial charge < -0.3 is 14.6 Å². The largest absolute Gasteiger partial charge is 0.456 e. The number of nitrogens with zero attached hydrogens (tertiary/aromatic N) is 1. The summed E-state index contributed by atoms with van der Waals surface area (Å²) in [7, 11) is 0. The maximum atomic E-state index is 6.00. The fourth-order valence-corrected chi connectivity index (χ4v) is 4.33. The maximum Gasteiger partial charge on any atom is 0.135 e. The Morgan fingerprint density at radius 3 is 2.65 bits per heavy atom. The molecule has 3 aliphatic heterocycles. The number of rotatable bonds is 3. The van der Waals surface area contributed by atoms with E-state index in [-0.39, 0.29) is 0 Å². The van der Waals surface area contributed by atoms with Crippen LogP contribution in [0.25, 0.3) is 21.9 Å². The van der Waals surface area contributed by atoms with Crippen molar-refractivity contribution in [3.05, 3.63) is 48.0 Å². The van der Waals surface area contributed by atoms with Crippen molar-refractivity contribution >= 4 is 21.9 Å². The molecule has 3 aliphatic rings. The van der Waals surface area contributed by atoms with Gasteiger partial charge in [-0.2, -0.15) is 0 Å². The van der Waals surface area contributed by atoms with E-state index in [9.17, 15) is 0 Å². The molecule has 1 N–H and O–H groups in total. The first-order valence-electron chi connectivity index (χ1n) is 8.73. The summed E-state index contributed by atoms with van der Waals surface area (Å²) >= 11 is 0. The summed E-state index contributed by atoms with van der Waals surface area (Å²) in [5.41, 5.74) is 3.29. The third-order valence-corrected chi connectivity index (χ3v) is 5.67. The summed E-state index contributed by atoms with van der Waals surface area (Å²) in [6, 6.07) is 15.6. The topological polar surface area (TPSA) is 28.4 Å². The molecule has 0 saturated carbocycles. The molecular formula is C20H22N2O. The number of fused-ring (bicyclic) bond motifs is 6. The molecule has 3 fully saturated rings. The van der Waals surface area contributed by atoms with E-state index < -0.39 is 0 Å². The predicted molar refractivity (Wildman–Crippen MR) is 93.5 cm³/mol. The van der Waals surface area contributed by atoms with Crippen molar-refractivity contribution in [3.8, 4) is 0 Å². The Bertz CT molecular complexity index is 845. The third kappa shape index (κ3) is 2.35.